The van der Waals surface area contributed by atoms with Crippen LogP contribution in [-0.2, 0) is 11.2 Å². The summed E-state index contributed by atoms with van der Waals surface area (Å²) in [6.45, 7) is 2.95. The second kappa shape index (κ2) is 9.40. The maximum atomic E-state index is 11.1. The molecule has 2 atom stereocenters. The van der Waals surface area contributed by atoms with E-state index in [-0.39, 0.29) is 12.7 Å². The maximum absolute atomic E-state index is 11.1. The third-order valence-electron chi connectivity index (χ3n) is 4.20. The Balaban J connectivity index is 1.70. The molecule has 0 unspecified atom stereocenters. The summed E-state index contributed by atoms with van der Waals surface area (Å²) in [5, 5.41) is 12.6. The molecule has 1 aromatic carbocycles. The second-order valence-electron chi connectivity index (χ2n) is 5.97. The first kappa shape index (κ1) is 17.6. The summed E-state index contributed by atoms with van der Waals surface area (Å²) in [5.74, 6) is 1.14. The first-order valence-corrected chi connectivity index (χ1v) is 8.49. The van der Waals surface area contributed by atoms with Crippen molar-refractivity contribution in [2.75, 3.05) is 19.8 Å². The van der Waals surface area contributed by atoms with Gasteiger partial charge in [-0.2, -0.15) is 0 Å². The molecule has 1 aliphatic carbocycles. The Labute approximate surface area is 138 Å². The van der Waals surface area contributed by atoms with Crippen LogP contribution >= 0.6 is 0 Å². The predicted octanol–water partition coefficient (Wildman–Crippen LogP) is 2.91. The van der Waals surface area contributed by atoms with Crippen molar-refractivity contribution in [2.24, 2.45) is 5.92 Å². The molecule has 0 bridgehead atoms. The molecule has 1 fully saturated rings. The molecule has 0 radical (unpaired) electrons. The molecule has 0 aromatic heterocycles. The van der Waals surface area contributed by atoms with E-state index in [1.807, 2.05) is 31.2 Å². The zero-order valence-corrected chi connectivity index (χ0v) is 13.8. The summed E-state index contributed by atoms with van der Waals surface area (Å²) in [6, 6.07) is 7.94. The topological polar surface area (TPSA) is 67.8 Å². The molecule has 23 heavy (non-hydrogen) atoms. The highest BCUT2D eigenvalue weighted by Crippen LogP contribution is 2.27. The summed E-state index contributed by atoms with van der Waals surface area (Å²) in [7, 11) is 0. The highest BCUT2D eigenvalue weighted by atomic mass is 16.6. The first-order valence-electron chi connectivity index (χ1n) is 8.49. The van der Waals surface area contributed by atoms with E-state index in [4.69, 9.17) is 9.47 Å². The van der Waals surface area contributed by atoms with Gasteiger partial charge in [-0.25, -0.2) is 4.79 Å². The molecule has 1 aromatic rings. The minimum Gasteiger partial charge on any atom is -0.490 e. The molecule has 1 amide bonds. The van der Waals surface area contributed by atoms with Crippen molar-refractivity contribution >= 4 is 6.09 Å². The Kier molecular flexibility index (Phi) is 7.20. The van der Waals surface area contributed by atoms with E-state index in [2.05, 4.69) is 5.32 Å². The van der Waals surface area contributed by atoms with Crippen molar-refractivity contribution < 1.29 is 19.4 Å². The second-order valence-corrected chi connectivity index (χ2v) is 5.97. The van der Waals surface area contributed by atoms with Crippen molar-refractivity contribution in [2.45, 2.75) is 45.1 Å². The van der Waals surface area contributed by atoms with Crippen molar-refractivity contribution in [1.29, 1.82) is 0 Å². The fourth-order valence-corrected chi connectivity index (χ4v) is 2.94. The number of hydrogen-bond acceptors (Lipinski definition) is 4. The number of aliphatic hydroxyl groups excluding tert-OH is 1. The van der Waals surface area contributed by atoms with Crippen LogP contribution in [0.2, 0.25) is 0 Å². The summed E-state index contributed by atoms with van der Waals surface area (Å²) in [5.41, 5.74) is 1.22. The fraction of sp³-hybridized carbons (Fsp3) is 0.611. The summed E-state index contributed by atoms with van der Waals surface area (Å²) >= 11 is 0. The minimum atomic E-state index is -0.419. The number of amides is 1. The Bertz CT molecular complexity index is 474. The number of ether oxygens (including phenoxy) is 2. The molecule has 2 rings (SSSR count). The molecule has 0 spiro atoms. The van der Waals surface area contributed by atoms with Gasteiger partial charge in [0.1, 0.15) is 19.0 Å². The zero-order valence-electron chi connectivity index (χ0n) is 13.8. The van der Waals surface area contributed by atoms with Gasteiger partial charge in [-0.05, 0) is 49.8 Å². The number of alkyl carbamates (subject to hydrolysis) is 1. The van der Waals surface area contributed by atoms with Gasteiger partial charge in [-0.3, -0.25) is 0 Å². The molecule has 0 saturated heterocycles. The summed E-state index contributed by atoms with van der Waals surface area (Å²) in [4.78, 5) is 11.1. The third kappa shape index (κ3) is 6.10. The van der Waals surface area contributed by atoms with E-state index in [1.54, 1.807) is 0 Å². The Hall–Kier alpha value is -1.75. The lowest BCUT2D eigenvalue weighted by molar-refractivity contribution is 0.0700. The normalized spacial score (nSPS) is 20.8. The van der Waals surface area contributed by atoms with E-state index in [0.717, 1.165) is 31.4 Å². The number of rotatable bonds is 7. The number of carbonyl (C=O) groups is 1. The molecular weight excluding hydrogens is 294 g/mol. The summed E-state index contributed by atoms with van der Waals surface area (Å²) in [6.07, 6.45) is 4.73. The molecule has 128 valence electrons. The van der Waals surface area contributed by atoms with Crippen molar-refractivity contribution in [3.05, 3.63) is 29.8 Å². The third-order valence-corrected chi connectivity index (χ3v) is 4.20. The molecule has 0 aliphatic heterocycles. The quantitative estimate of drug-likeness (QED) is 0.758. The Morgan fingerprint density at radius 1 is 1.22 bits per heavy atom. The van der Waals surface area contributed by atoms with E-state index in [0.29, 0.717) is 19.1 Å². The van der Waals surface area contributed by atoms with Gasteiger partial charge in [0.15, 0.2) is 0 Å². The SMILES string of the molecule is CCNC(=O)OCCOc1ccc(C[C@H]2CCCC[C@@H]2O)cc1. The van der Waals surface area contributed by atoms with E-state index in [1.165, 1.54) is 12.0 Å². The van der Waals surface area contributed by atoms with E-state index in [9.17, 15) is 9.90 Å². The van der Waals surface area contributed by atoms with Crippen molar-refractivity contribution in [3.8, 4) is 5.75 Å². The molecule has 2 N–H and O–H groups in total. The number of hydrogen-bond donors (Lipinski definition) is 2. The average Bonchev–Trinajstić information content (AvgIpc) is 2.55. The zero-order chi connectivity index (χ0) is 16.5. The van der Waals surface area contributed by atoms with Gasteiger partial charge in [0.25, 0.3) is 0 Å². The van der Waals surface area contributed by atoms with Gasteiger partial charge in [-0.15, -0.1) is 0 Å². The lowest BCUT2D eigenvalue weighted by atomic mass is 9.82. The Morgan fingerprint density at radius 2 is 1.96 bits per heavy atom. The van der Waals surface area contributed by atoms with Gasteiger partial charge in [0.2, 0.25) is 0 Å². The van der Waals surface area contributed by atoms with Crippen molar-refractivity contribution in [1.82, 2.24) is 5.32 Å². The van der Waals surface area contributed by atoms with Crippen LogP contribution in [0.4, 0.5) is 4.79 Å². The van der Waals surface area contributed by atoms with E-state index < -0.39 is 6.09 Å². The minimum absolute atomic E-state index is 0.161. The van der Waals surface area contributed by atoms with Crippen LogP contribution in [0.5, 0.6) is 5.75 Å². The first-order chi connectivity index (χ1) is 11.2. The van der Waals surface area contributed by atoms with Crippen LogP contribution in [0, 0.1) is 5.92 Å². The largest absolute Gasteiger partial charge is 0.490 e. The van der Waals surface area contributed by atoms with Gasteiger partial charge < -0.3 is 19.9 Å². The highest BCUT2D eigenvalue weighted by molar-refractivity contribution is 5.66. The lowest BCUT2D eigenvalue weighted by Gasteiger charge is -2.27. The maximum Gasteiger partial charge on any atom is 0.407 e. The van der Waals surface area contributed by atoms with Crippen LogP contribution in [0.25, 0.3) is 0 Å². The predicted molar refractivity (Wildman–Crippen MR) is 88.6 cm³/mol. The van der Waals surface area contributed by atoms with Crippen molar-refractivity contribution in [3.63, 3.8) is 0 Å². The van der Waals surface area contributed by atoms with Crippen LogP contribution in [0.15, 0.2) is 24.3 Å². The number of nitrogens with one attached hydrogen (secondary N) is 1. The number of benzene rings is 1. The Morgan fingerprint density at radius 3 is 2.65 bits per heavy atom. The standard InChI is InChI=1S/C18H27NO4/c1-2-19-18(21)23-12-11-22-16-9-7-14(8-10-16)13-15-5-3-4-6-17(15)20/h7-10,15,17,20H,2-6,11-13H2,1H3,(H,19,21)/t15-,17+/m1/s1. The molecular formula is C18H27NO4. The van der Waals surface area contributed by atoms with Gasteiger partial charge in [0, 0.05) is 6.54 Å². The molecule has 1 aliphatic rings. The van der Waals surface area contributed by atoms with Crippen LogP contribution in [0.3, 0.4) is 0 Å². The van der Waals surface area contributed by atoms with Crippen LogP contribution < -0.4 is 10.1 Å². The number of aliphatic hydroxyl groups is 1. The lowest BCUT2D eigenvalue weighted by Crippen LogP contribution is -2.26. The van der Waals surface area contributed by atoms with Gasteiger partial charge >= 0.3 is 6.09 Å². The highest BCUT2D eigenvalue weighted by Gasteiger charge is 2.22. The van der Waals surface area contributed by atoms with Gasteiger partial charge in [-0.1, -0.05) is 25.0 Å². The fourth-order valence-electron chi connectivity index (χ4n) is 2.94. The molecule has 0 heterocycles. The van der Waals surface area contributed by atoms with Gasteiger partial charge in [0.05, 0.1) is 6.10 Å². The average molecular weight is 321 g/mol. The number of carbonyl (C=O) groups excluding carboxylic acids is 1. The van der Waals surface area contributed by atoms with E-state index >= 15 is 0 Å². The van der Waals surface area contributed by atoms with Crippen LogP contribution in [0.1, 0.15) is 38.2 Å². The molecule has 5 nitrogen and oxygen atoms in total. The van der Waals surface area contributed by atoms with Crippen LogP contribution in [-0.4, -0.2) is 37.1 Å². The smallest absolute Gasteiger partial charge is 0.407 e. The summed E-state index contributed by atoms with van der Waals surface area (Å²) < 4.78 is 10.5. The molecule has 5 heteroatoms. The monoisotopic (exact) mass is 321 g/mol. The molecule has 1 saturated carbocycles.